The summed E-state index contributed by atoms with van der Waals surface area (Å²) in [4.78, 5) is 0. The molecule has 0 amide bonds. The standard InChI is InChI=1S/C9H16F4O/c1-3-4-5-6-7(2)14-9(12,13)8(10)11/h7-8H,3-6H2,1-2H3. The second-order valence-corrected chi connectivity index (χ2v) is 3.29. The summed E-state index contributed by atoms with van der Waals surface area (Å²) in [7, 11) is 0. The van der Waals surface area contributed by atoms with Gasteiger partial charge in [0.2, 0.25) is 0 Å². The second kappa shape index (κ2) is 6.22. The van der Waals surface area contributed by atoms with Crippen molar-refractivity contribution in [3.63, 3.8) is 0 Å². The van der Waals surface area contributed by atoms with Crippen LogP contribution < -0.4 is 0 Å². The maximum absolute atomic E-state index is 12.3. The molecule has 0 rings (SSSR count). The number of ether oxygens (including phenoxy) is 1. The Morgan fingerprint density at radius 2 is 1.79 bits per heavy atom. The molecular formula is C9H16F4O. The van der Waals surface area contributed by atoms with Crippen LogP contribution in [0.5, 0.6) is 0 Å². The lowest BCUT2D eigenvalue weighted by atomic mass is 10.1. The fraction of sp³-hybridized carbons (Fsp3) is 1.00. The van der Waals surface area contributed by atoms with Crippen LogP contribution in [0.25, 0.3) is 0 Å². The molecule has 1 atom stereocenters. The van der Waals surface area contributed by atoms with E-state index >= 15 is 0 Å². The summed E-state index contributed by atoms with van der Waals surface area (Å²) in [6.45, 7) is 3.35. The Labute approximate surface area is 81.4 Å². The number of unbranched alkanes of at least 4 members (excludes halogenated alkanes) is 2. The molecule has 1 nitrogen and oxygen atoms in total. The van der Waals surface area contributed by atoms with E-state index in [0.29, 0.717) is 6.42 Å². The van der Waals surface area contributed by atoms with Crippen molar-refractivity contribution in [3.05, 3.63) is 0 Å². The van der Waals surface area contributed by atoms with Crippen molar-refractivity contribution < 1.29 is 22.3 Å². The number of rotatable bonds is 7. The topological polar surface area (TPSA) is 9.23 Å². The maximum atomic E-state index is 12.3. The molecule has 0 aliphatic carbocycles. The molecule has 0 aromatic heterocycles. The fourth-order valence-electron chi connectivity index (χ4n) is 1.06. The van der Waals surface area contributed by atoms with Crippen molar-refractivity contribution in [2.45, 2.75) is 58.2 Å². The van der Waals surface area contributed by atoms with Crippen molar-refractivity contribution in [2.24, 2.45) is 0 Å². The second-order valence-electron chi connectivity index (χ2n) is 3.29. The summed E-state index contributed by atoms with van der Waals surface area (Å²) in [6.07, 6.45) is -5.94. The van der Waals surface area contributed by atoms with Gasteiger partial charge in [0.1, 0.15) is 0 Å². The average Bonchev–Trinajstić information content (AvgIpc) is 2.03. The van der Waals surface area contributed by atoms with Crippen LogP contribution in [0.1, 0.15) is 39.5 Å². The Kier molecular flexibility index (Phi) is 6.08. The van der Waals surface area contributed by atoms with E-state index in [-0.39, 0.29) is 0 Å². The van der Waals surface area contributed by atoms with Gasteiger partial charge in [0, 0.05) is 0 Å². The van der Waals surface area contributed by atoms with Gasteiger partial charge in [0.05, 0.1) is 6.10 Å². The number of halogens is 4. The Bertz CT molecular complexity index is 150. The highest BCUT2D eigenvalue weighted by atomic mass is 19.3. The lowest BCUT2D eigenvalue weighted by molar-refractivity contribution is -0.316. The highest BCUT2D eigenvalue weighted by Gasteiger charge is 2.43. The van der Waals surface area contributed by atoms with Crippen molar-refractivity contribution in [1.29, 1.82) is 0 Å². The van der Waals surface area contributed by atoms with E-state index in [4.69, 9.17) is 0 Å². The Morgan fingerprint density at radius 1 is 1.21 bits per heavy atom. The predicted octanol–water partition coefficient (Wildman–Crippen LogP) is 3.83. The van der Waals surface area contributed by atoms with Crippen LogP contribution in [0.15, 0.2) is 0 Å². The van der Waals surface area contributed by atoms with Gasteiger partial charge in [-0.3, -0.25) is 0 Å². The minimum Gasteiger partial charge on any atom is -0.313 e. The predicted molar refractivity (Wildman–Crippen MR) is 45.6 cm³/mol. The molecule has 0 aliphatic rings. The lowest BCUT2D eigenvalue weighted by Gasteiger charge is -2.20. The first-order valence-corrected chi connectivity index (χ1v) is 4.74. The average molecular weight is 216 g/mol. The molecule has 0 saturated heterocycles. The summed E-state index contributed by atoms with van der Waals surface area (Å²) in [5, 5.41) is 0. The molecule has 0 aromatic carbocycles. The van der Waals surface area contributed by atoms with E-state index in [1.807, 2.05) is 6.92 Å². The molecule has 0 N–H and O–H groups in total. The Balaban J connectivity index is 3.75. The molecule has 5 heteroatoms. The van der Waals surface area contributed by atoms with Gasteiger partial charge >= 0.3 is 12.5 Å². The summed E-state index contributed by atoms with van der Waals surface area (Å²) < 4.78 is 52.0. The zero-order valence-corrected chi connectivity index (χ0v) is 8.40. The SMILES string of the molecule is CCCCCC(C)OC(F)(F)C(F)F. The monoisotopic (exact) mass is 216 g/mol. The molecule has 14 heavy (non-hydrogen) atoms. The molecular weight excluding hydrogens is 200 g/mol. The summed E-state index contributed by atoms with van der Waals surface area (Å²) in [5.41, 5.74) is 0. The van der Waals surface area contributed by atoms with Gasteiger partial charge in [-0.15, -0.1) is 0 Å². The van der Waals surface area contributed by atoms with Gasteiger partial charge in [-0.1, -0.05) is 26.2 Å². The van der Waals surface area contributed by atoms with Gasteiger partial charge in [-0.2, -0.15) is 8.78 Å². The van der Waals surface area contributed by atoms with E-state index in [1.165, 1.54) is 6.92 Å². The van der Waals surface area contributed by atoms with Crippen LogP contribution in [0.2, 0.25) is 0 Å². The number of hydrogen-bond acceptors (Lipinski definition) is 1. The van der Waals surface area contributed by atoms with Crippen molar-refractivity contribution in [1.82, 2.24) is 0 Å². The zero-order valence-electron chi connectivity index (χ0n) is 8.40. The van der Waals surface area contributed by atoms with Gasteiger partial charge < -0.3 is 4.74 Å². The molecule has 0 aliphatic heterocycles. The van der Waals surface area contributed by atoms with Crippen LogP contribution in [-0.2, 0) is 4.74 Å². The summed E-state index contributed by atoms with van der Waals surface area (Å²) >= 11 is 0. The molecule has 86 valence electrons. The zero-order chi connectivity index (χ0) is 11.2. The minimum absolute atomic E-state index is 0.385. The third kappa shape index (κ3) is 5.42. The van der Waals surface area contributed by atoms with Crippen molar-refractivity contribution in [3.8, 4) is 0 Å². The fourth-order valence-corrected chi connectivity index (χ4v) is 1.06. The highest BCUT2D eigenvalue weighted by Crippen LogP contribution is 2.26. The van der Waals surface area contributed by atoms with E-state index in [0.717, 1.165) is 19.3 Å². The largest absolute Gasteiger partial charge is 0.416 e. The quantitative estimate of drug-likeness (QED) is 0.464. The van der Waals surface area contributed by atoms with Gasteiger partial charge in [0.15, 0.2) is 0 Å². The van der Waals surface area contributed by atoms with Gasteiger partial charge in [-0.05, 0) is 13.3 Å². The van der Waals surface area contributed by atoms with Gasteiger partial charge in [0.25, 0.3) is 0 Å². The van der Waals surface area contributed by atoms with Crippen LogP contribution in [0.4, 0.5) is 17.6 Å². The molecule has 0 bridgehead atoms. The van der Waals surface area contributed by atoms with E-state index in [9.17, 15) is 17.6 Å². The Hall–Kier alpha value is -0.320. The molecule has 0 fully saturated rings. The third-order valence-corrected chi connectivity index (χ3v) is 1.83. The van der Waals surface area contributed by atoms with Crippen molar-refractivity contribution >= 4 is 0 Å². The molecule has 0 heterocycles. The van der Waals surface area contributed by atoms with E-state index < -0.39 is 18.6 Å². The van der Waals surface area contributed by atoms with Crippen molar-refractivity contribution in [2.75, 3.05) is 0 Å². The van der Waals surface area contributed by atoms with Crippen LogP contribution in [-0.4, -0.2) is 18.6 Å². The highest BCUT2D eigenvalue weighted by molar-refractivity contribution is 4.60. The first-order valence-electron chi connectivity index (χ1n) is 4.74. The first kappa shape index (κ1) is 13.7. The molecule has 1 unspecified atom stereocenters. The van der Waals surface area contributed by atoms with Crippen LogP contribution in [0, 0.1) is 0 Å². The minimum atomic E-state index is -4.31. The van der Waals surface area contributed by atoms with E-state index in [2.05, 4.69) is 4.74 Å². The summed E-state index contributed by atoms with van der Waals surface area (Å²) in [6, 6.07) is 0. The Morgan fingerprint density at radius 3 is 2.21 bits per heavy atom. The third-order valence-electron chi connectivity index (χ3n) is 1.83. The van der Waals surface area contributed by atoms with Crippen LogP contribution >= 0.6 is 0 Å². The number of hydrogen-bond donors (Lipinski definition) is 0. The van der Waals surface area contributed by atoms with Gasteiger partial charge in [-0.25, -0.2) is 8.78 Å². The summed E-state index contributed by atoms with van der Waals surface area (Å²) in [5.74, 6) is 0. The normalized spacial score (nSPS) is 14.8. The molecule has 0 aromatic rings. The maximum Gasteiger partial charge on any atom is 0.416 e. The number of alkyl halides is 4. The molecule has 0 spiro atoms. The van der Waals surface area contributed by atoms with Crippen LogP contribution in [0.3, 0.4) is 0 Å². The first-order chi connectivity index (χ1) is 6.40. The molecule has 0 radical (unpaired) electrons. The lowest BCUT2D eigenvalue weighted by Crippen LogP contribution is -2.33. The smallest absolute Gasteiger partial charge is 0.313 e. The molecule has 0 saturated carbocycles. The van der Waals surface area contributed by atoms with E-state index in [1.54, 1.807) is 0 Å².